The number of nitrogens with zero attached hydrogens (tertiary/aromatic N) is 4. The first-order chi connectivity index (χ1) is 12.6. The number of hydrogen-bond donors (Lipinski definition) is 0. The van der Waals surface area contributed by atoms with Gasteiger partial charge < -0.3 is 4.90 Å². The molecule has 1 unspecified atom stereocenters. The summed E-state index contributed by atoms with van der Waals surface area (Å²) in [6.07, 6.45) is 1.84. The highest BCUT2D eigenvalue weighted by Gasteiger charge is 2.27. The molecule has 1 saturated heterocycles. The lowest BCUT2D eigenvalue weighted by Gasteiger charge is -2.38. The van der Waals surface area contributed by atoms with Crippen molar-refractivity contribution in [3.63, 3.8) is 0 Å². The molecule has 1 aliphatic heterocycles. The normalized spacial score (nSPS) is 17.0. The Labute approximate surface area is 156 Å². The second-order valence-corrected chi connectivity index (χ2v) is 6.99. The molecule has 3 rings (SSSR count). The summed E-state index contributed by atoms with van der Waals surface area (Å²) >= 11 is 0. The third-order valence-corrected chi connectivity index (χ3v) is 5.06. The third-order valence-electron chi connectivity index (χ3n) is 5.06. The number of hydrogen-bond acceptors (Lipinski definition) is 4. The predicted molar refractivity (Wildman–Crippen MR) is 103 cm³/mol. The molecule has 2 heterocycles. The molecule has 1 aliphatic rings. The molecule has 0 N–H and O–H groups in total. The quantitative estimate of drug-likeness (QED) is 0.799. The first kappa shape index (κ1) is 18.5. The van der Waals surface area contributed by atoms with Crippen molar-refractivity contribution in [1.29, 1.82) is 0 Å². The van der Waals surface area contributed by atoms with Crippen LogP contribution in [0.5, 0.6) is 0 Å². The number of piperazine rings is 1. The van der Waals surface area contributed by atoms with Gasteiger partial charge in [-0.1, -0.05) is 36.4 Å². The Balaban J connectivity index is 1.48. The van der Waals surface area contributed by atoms with Crippen LogP contribution in [0.4, 0.5) is 0 Å². The van der Waals surface area contributed by atoms with E-state index in [9.17, 15) is 4.79 Å². The zero-order valence-electron chi connectivity index (χ0n) is 15.7. The van der Waals surface area contributed by atoms with Crippen LogP contribution >= 0.6 is 0 Å². The van der Waals surface area contributed by atoms with Gasteiger partial charge >= 0.3 is 0 Å². The standard InChI is InChI=1S/C21H28N4O/c1-18(21(26)23(2)16-19-8-4-3-5-9-19)25-14-12-24(13-15-25)17-20-10-6-7-11-22-20/h3-11,18H,12-17H2,1-2H3. The van der Waals surface area contributed by atoms with Crippen molar-refractivity contribution >= 4 is 5.91 Å². The summed E-state index contributed by atoms with van der Waals surface area (Å²) in [7, 11) is 1.89. The van der Waals surface area contributed by atoms with Gasteiger partial charge in [-0.05, 0) is 24.6 Å². The zero-order valence-corrected chi connectivity index (χ0v) is 15.7. The summed E-state index contributed by atoms with van der Waals surface area (Å²) in [6, 6.07) is 16.1. The van der Waals surface area contributed by atoms with Gasteiger partial charge in [-0.25, -0.2) is 0 Å². The Kier molecular flexibility index (Phi) is 6.36. The molecule has 0 saturated carbocycles. The third kappa shape index (κ3) is 4.90. The van der Waals surface area contributed by atoms with Gasteiger partial charge in [-0.3, -0.25) is 19.6 Å². The second kappa shape index (κ2) is 8.92. The maximum Gasteiger partial charge on any atom is 0.239 e. The molecule has 1 amide bonds. The van der Waals surface area contributed by atoms with Gasteiger partial charge in [-0.2, -0.15) is 0 Å². The largest absolute Gasteiger partial charge is 0.340 e. The van der Waals surface area contributed by atoms with Crippen LogP contribution in [-0.4, -0.2) is 64.9 Å². The predicted octanol–water partition coefficient (Wildman–Crippen LogP) is 2.25. The van der Waals surface area contributed by atoms with E-state index in [0.29, 0.717) is 6.54 Å². The van der Waals surface area contributed by atoms with Crippen LogP contribution in [0.1, 0.15) is 18.2 Å². The van der Waals surface area contributed by atoms with Crippen molar-refractivity contribution in [3.8, 4) is 0 Å². The molecule has 5 heteroatoms. The van der Waals surface area contributed by atoms with Crippen LogP contribution in [0, 0.1) is 0 Å². The highest BCUT2D eigenvalue weighted by molar-refractivity contribution is 5.81. The Bertz CT molecular complexity index is 684. The molecule has 5 nitrogen and oxygen atoms in total. The summed E-state index contributed by atoms with van der Waals surface area (Å²) in [5, 5.41) is 0. The number of likely N-dealkylation sites (N-methyl/N-ethyl adjacent to an activating group) is 1. The van der Waals surface area contributed by atoms with Gasteiger partial charge in [0.1, 0.15) is 0 Å². The van der Waals surface area contributed by atoms with E-state index in [2.05, 4.69) is 33.0 Å². The van der Waals surface area contributed by atoms with E-state index in [4.69, 9.17) is 0 Å². The Morgan fingerprint density at radius 2 is 1.77 bits per heavy atom. The number of benzene rings is 1. The fourth-order valence-corrected chi connectivity index (χ4v) is 3.44. The smallest absolute Gasteiger partial charge is 0.239 e. The lowest BCUT2D eigenvalue weighted by Crippen LogP contribution is -2.53. The number of rotatable bonds is 6. The van der Waals surface area contributed by atoms with Crippen LogP contribution in [0.3, 0.4) is 0 Å². The van der Waals surface area contributed by atoms with Crippen LogP contribution in [0.25, 0.3) is 0 Å². The average Bonchev–Trinajstić information content (AvgIpc) is 2.69. The van der Waals surface area contributed by atoms with Crippen LogP contribution in [0.2, 0.25) is 0 Å². The number of amides is 1. The second-order valence-electron chi connectivity index (χ2n) is 6.99. The molecule has 1 aromatic carbocycles. The van der Waals surface area contributed by atoms with Crippen molar-refractivity contribution < 1.29 is 4.79 Å². The molecule has 1 atom stereocenters. The van der Waals surface area contributed by atoms with Crippen molar-refractivity contribution in [2.45, 2.75) is 26.1 Å². The Morgan fingerprint density at radius 3 is 2.42 bits per heavy atom. The van der Waals surface area contributed by atoms with Gasteiger partial charge in [0.05, 0.1) is 11.7 Å². The zero-order chi connectivity index (χ0) is 18.4. The van der Waals surface area contributed by atoms with Gasteiger partial charge in [0.25, 0.3) is 0 Å². The molecule has 0 radical (unpaired) electrons. The van der Waals surface area contributed by atoms with E-state index in [-0.39, 0.29) is 11.9 Å². The highest BCUT2D eigenvalue weighted by atomic mass is 16.2. The van der Waals surface area contributed by atoms with E-state index in [1.54, 1.807) is 0 Å². The summed E-state index contributed by atoms with van der Waals surface area (Å²) in [5.41, 5.74) is 2.27. The van der Waals surface area contributed by atoms with E-state index in [1.165, 1.54) is 0 Å². The van der Waals surface area contributed by atoms with Gasteiger partial charge in [0, 0.05) is 52.5 Å². The monoisotopic (exact) mass is 352 g/mol. The first-order valence-electron chi connectivity index (χ1n) is 9.28. The fraction of sp³-hybridized carbons (Fsp3) is 0.429. The van der Waals surface area contributed by atoms with E-state index < -0.39 is 0 Å². The molecule has 26 heavy (non-hydrogen) atoms. The maximum atomic E-state index is 12.8. The summed E-state index contributed by atoms with van der Waals surface area (Å²) in [6.45, 7) is 7.33. The van der Waals surface area contributed by atoms with Crippen molar-refractivity contribution in [1.82, 2.24) is 19.7 Å². The van der Waals surface area contributed by atoms with Gasteiger partial charge in [0.2, 0.25) is 5.91 Å². The molecule has 0 bridgehead atoms. The highest BCUT2D eigenvalue weighted by Crippen LogP contribution is 2.12. The van der Waals surface area contributed by atoms with Gasteiger partial charge in [0.15, 0.2) is 0 Å². The molecule has 0 aliphatic carbocycles. The average molecular weight is 352 g/mol. The number of aromatic nitrogens is 1. The van der Waals surface area contributed by atoms with Crippen LogP contribution < -0.4 is 0 Å². The Morgan fingerprint density at radius 1 is 1.08 bits per heavy atom. The van der Waals surface area contributed by atoms with Crippen molar-refractivity contribution in [2.24, 2.45) is 0 Å². The van der Waals surface area contributed by atoms with Crippen LogP contribution in [-0.2, 0) is 17.9 Å². The minimum atomic E-state index is -0.0827. The lowest BCUT2D eigenvalue weighted by atomic mass is 10.1. The number of carbonyl (C=O) groups excluding carboxylic acids is 1. The summed E-state index contributed by atoms with van der Waals surface area (Å²) in [5.74, 6) is 0.187. The number of carbonyl (C=O) groups is 1. The summed E-state index contributed by atoms with van der Waals surface area (Å²) in [4.78, 5) is 23.7. The van der Waals surface area contributed by atoms with Crippen molar-refractivity contribution in [2.75, 3.05) is 33.2 Å². The molecular formula is C21H28N4O. The minimum Gasteiger partial charge on any atom is -0.340 e. The molecule has 1 aromatic heterocycles. The minimum absolute atomic E-state index is 0.0827. The lowest BCUT2D eigenvalue weighted by molar-refractivity contribution is -0.136. The molecule has 2 aromatic rings. The van der Waals surface area contributed by atoms with Crippen LogP contribution in [0.15, 0.2) is 54.7 Å². The fourth-order valence-electron chi connectivity index (χ4n) is 3.44. The Hall–Kier alpha value is -2.24. The first-order valence-corrected chi connectivity index (χ1v) is 9.28. The van der Waals surface area contributed by atoms with Gasteiger partial charge in [-0.15, -0.1) is 0 Å². The molecule has 0 spiro atoms. The topological polar surface area (TPSA) is 39.7 Å². The van der Waals surface area contributed by atoms with E-state index in [1.807, 2.05) is 55.4 Å². The summed E-state index contributed by atoms with van der Waals surface area (Å²) < 4.78 is 0. The SMILES string of the molecule is CC(C(=O)N(C)Cc1ccccc1)N1CCN(Cc2ccccn2)CC1. The number of pyridine rings is 1. The van der Waals surface area contributed by atoms with Crippen molar-refractivity contribution in [3.05, 3.63) is 66.0 Å². The van der Waals surface area contributed by atoms with E-state index in [0.717, 1.165) is 44.0 Å². The molecule has 1 fully saturated rings. The molecular weight excluding hydrogens is 324 g/mol. The maximum absolute atomic E-state index is 12.8. The van der Waals surface area contributed by atoms with E-state index >= 15 is 0 Å². The molecule has 138 valence electrons.